The van der Waals surface area contributed by atoms with Crippen molar-refractivity contribution in [3.63, 3.8) is 0 Å². The fraction of sp³-hybridized carbons (Fsp3) is 0.111. The maximum atomic E-state index is 11.7. The van der Waals surface area contributed by atoms with E-state index in [1.165, 1.54) is 28.4 Å². The van der Waals surface area contributed by atoms with Gasteiger partial charge in [-0.25, -0.2) is 10.5 Å². The Balaban J connectivity index is 2.22. The maximum Gasteiger partial charge on any atom is 0.543 e. The van der Waals surface area contributed by atoms with Gasteiger partial charge in [0.05, 0.1) is 21.3 Å². The number of fused-ring (bicyclic) bond motifs is 1. The molecule has 90 valence electrons. The number of para-hydroxylation sites is 1. The Labute approximate surface area is 97.0 Å². The third-order valence-corrected chi connectivity index (χ3v) is 2.66. The van der Waals surface area contributed by atoms with Gasteiger partial charge in [0, 0.05) is 0 Å². The molecule has 1 N–H and O–H groups in total. The molecule has 17 heavy (non-hydrogen) atoms. The van der Waals surface area contributed by atoms with Gasteiger partial charge in [-0.2, -0.15) is 4.84 Å². The molecule has 0 aliphatic rings. The van der Waals surface area contributed by atoms with Gasteiger partial charge in [-0.1, -0.05) is 6.07 Å². The van der Waals surface area contributed by atoms with Crippen molar-refractivity contribution >= 4 is 27.5 Å². The fourth-order valence-corrected chi connectivity index (χ4v) is 1.93. The number of alkyl halides is 3. The minimum atomic E-state index is -4.91. The van der Waals surface area contributed by atoms with Crippen LogP contribution < -0.4 is 5.48 Å². The van der Waals surface area contributed by atoms with Crippen molar-refractivity contribution in [1.29, 1.82) is 0 Å². The molecule has 0 atom stereocenters. The van der Waals surface area contributed by atoms with Gasteiger partial charge in [0.1, 0.15) is 0 Å². The lowest BCUT2D eigenvalue weighted by atomic mass is 10.2. The number of halogens is 3. The Morgan fingerprint density at radius 3 is 2.88 bits per heavy atom. The number of carbonyl (C=O) groups is 1. The van der Waals surface area contributed by atoms with Gasteiger partial charge < -0.3 is 0 Å². The molecule has 2 rings (SSSR count). The zero-order valence-corrected chi connectivity index (χ0v) is 8.93. The maximum absolute atomic E-state index is 11.7. The van der Waals surface area contributed by atoms with Crippen LogP contribution in [-0.4, -0.2) is 17.3 Å². The monoisotopic (exact) mass is 262 g/mol. The number of benzene rings is 1. The second-order valence-corrected chi connectivity index (χ2v) is 3.87. The largest absolute Gasteiger partial charge is 0.543 e. The molecule has 0 saturated carbocycles. The summed E-state index contributed by atoms with van der Waals surface area (Å²) in [6, 6.07) is 4.65. The lowest BCUT2D eigenvalue weighted by Crippen LogP contribution is -2.31. The van der Waals surface area contributed by atoms with Crippen LogP contribution in [0.2, 0.25) is 0 Å². The van der Waals surface area contributed by atoms with E-state index in [1.807, 2.05) is 0 Å². The van der Waals surface area contributed by atoms with E-state index in [1.54, 1.807) is 12.1 Å². The van der Waals surface area contributed by atoms with Gasteiger partial charge in [-0.3, -0.25) is 4.79 Å². The first-order valence-electron chi connectivity index (χ1n) is 4.34. The van der Waals surface area contributed by atoms with Gasteiger partial charge in [0.25, 0.3) is 5.91 Å². The van der Waals surface area contributed by atoms with Crippen LogP contribution >= 0.6 is 11.3 Å². The molecule has 0 radical (unpaired) electrons. The first kappa shape index (κ1) is 11.8. The normalized spacial score (nSPS) is 11.7. The highest BCUT2D eigenvalue weighted by atomic mass is 32.1. The summed E-state index contributed by atoms with van der Waals surface area (Å²) in [5, 5.41) is 0. The Bertz CT molecular complexity index is 552. The van der Waals surface area contributed by atoms with Crippen LogP contribution in [0.15, 0.2) is 23.7 Å². The summed E-state index contributed by atoms with van der Waals surface area (Å²) in [6.07, 6.45) is -4.91. The molecule has 0 spiro atoms. The predicted octanol–water partition coefficient (Wildman–Crippen LogP) is 2.48. The van der Waals surface area contributed by atoms with Crippen LogP contribution in [0, 0.1) is 0 Å². The van der Waals surface area contributed by atoms with Crippen LogP contribution in [-0.2, 0) is 4.84 Å². The number of rotatable bonds is 2. The molecule has 4 nitrogen and oxygen atoms in total. The van der Waals surface area contributed by atoms with E-state index in [9.17, 15) is 18.0 Å². The van der Waals surface area contributed by atoms with E-state index in [0.29, 0.717) is 10.2 Å². The summed E-state index contributed by atoms with van der Waals surface area (Å²) in [7, 11) is 0. The summed E-state index contributed by atoms with van der Waals surface area (Å²) in [4.78, 5) is 18.6. The number of hydrogen-bond acceptors (Lipinski definition) is 4. The van der Waals surface area contributed by atoms with Gasteiger partial charge in [-0.15, -0.1) is 24.5 Å². The van der Waals surface area contributed by atoms with Crippen molar-refractivity contribution in [2.24, 2.45) is 0 Å². The zero-order chi connectivity index (χ0) is 12.5. The predicted molar refractivity (Wildman–Crippen MR) is 54.2 cm³/mol. The summed E-state index contributed by atoms with van der Waals surface area (Å²) in [5.41, 5.74) is 3.21. The quantitative estimate of drug-likeness (QED) is 0.846. The summed E-state index contributed by atoms with van der Waals surface area (Å²) in [5.74, 6) is -0.987. The summed E-state index contributed by atoms with van der Waals surface area (Å²) in [6.45, 7) is 0. The molecular weight excluding hydrogens is 257 g/mol. The highest BCUT2D eigenvalue weighted by Gasteiger charge is 2.31. The number of aromatic nitrogens is 1. The highest BCUT2D eigenvalue weighted by Crippen LogP contribution is 2.21. The minimum Gasteiger partial charge on any atom is -0.267 e. The number of hydrogen-bond donors (Lipinski definition) is 1. The van der Waals surface area contributed by atoms with Crippen molar-refractivity contribution in [2.75, 3.05) is 0 Å². The number of thiazole rings is 1. The van der Waals surface area contributed by atoms with Crippen molar-refractivity contribution in [2.45, 2.75) is 6.36 Å². The van der Waals surface area contributed by atoms with Crippen LogP contribution in [0.5, 0.6) is 0 Å². The van der Waals surface area contributed by atoms with Crippen molar-refractivity contribution in [3.05, 3.63) is 29.3 Å². The molecule has 0 unspecified atom stereocenters. The number of amides is 1. The van der Waals surface area contributed by atoms with E-state index in [4.69, 9.17) is 0 Å². The van der Waals surface area contributed by atoms with E-state index >= 15 is 0 Å². The van der Waals surface area contributed by atoms with Crippen molar-refractivity contribution in [3.8, 4) is 0 Å². The zero-order valence-electron chi connectivity index (χ0n) is 8.12. The molecule has 2 aromatic rings. The summed E-state index contributed by atoms with van der Waals surface area (Å²) < 4.78 is 35.9. The molecular formula is C9H5F3N2O2S. The third-order valence-electron chi connectivity index (χ3n) is 1.86. The fourth-order valence-electron chi connectivity index (χ4n) is 1.23. The molecule has 8 heteroatoms. The molecule has 1 aromatic heterocycles. The molecule has 0 saturated heterocycles. The Hall–Kier alpha value is -1.67. The smallest absolute Gasteiger partial charge is 0.267 e. The standard InChI is InChI=1S/C9H5F3N2O2S/c10-9(11,12)16-14-8(15)5-2-1-3-6-7(5)13-4-17-6/h1-4H,(H,14,15). The minimum absolute atomic E-state index is 0.0352. The Morgan fingerprint density at radius 1 is 1.41 bits per heavy atom. The van der Waals surface area contributed by atoms with Crippen LogP contribution in [0.3, 0.4) is 0 Å². The van der Waals surface area contributed by atoms with Crippen molar-refractivity contribution < 1.29 is 22.8 Å². The van der Waals surface area contributed by atoms with Crippen LogP contribution in [0.1, 0.15) is 10.4 Å². The Morgan fingerprint density at radius 2 is 2.18 bits per heavy atom. The first-order chi connectivity index (χ1) is 7.97. The second kappa shape index (κ2) is 4.30. The van der Waals surface area contributed by atoms with E-state index in [-0.39, 0.29) is 5.56 Å². The first-order valence-corrected chi connectivity index (χ1v) is 5.22. The number of nitrogens with zero attached hydrogens (tertiary/aromatic N) is 1. The van der Waals surface area contributed by atoms with Gasteiger partial charge in [0.2, 0.25) is 0 Å². The Kier molecular flexibility index (Phi) is 2.99. The third kappa shape index (κ3) is 2.71. The van der Waals surface area contributed by atoms with Gasteiger partial charge >= 0.3 is 6.36 Å². The number of hydroxylamine groups is 1. The van der Waals surface area contributed by atoms with E-state index < -0.39 is 12.3 Å². The molecule has 0 aliphatic carbocycles. The average molecular weight is 262 g/mol. The lowest BCUT2D eigenvalue weighted by molar-refractivity contribution is -0.343. The average Bonchev–Trinajstić information content (AvgIpc) is 2.72. The topological polar surface area (TPSA) is 51.2 Å². The molecule has 1 heterocycles. The van der Waals surface area contributed by atoms with Crippen LogP contribution in [0.25, 0.3) is 10.2 Å². The van der Waals surface area contributed by atoms with Crippen LogP contribution in [0.4, 0.5) is 13.2 Å². The van der Waals surface area contributed by atoms with Gasteiger partial charge in [-0.05, 0) is 12.1 Å². The highest BCUT2D eigenvalue weighted by molar-refractivity contribution is 7.16. The van der Waals surface area contributed by atoms with Crippen molar-refractivity contribution in [1.82, 2.24) is 10.5 Å². The molecule has 1 aromatic carbocycles. The summed E-state index contributed by atoms with van der Waals surface area (Å²) >= 11 is 1.29. The lowest BCUT2D eigenvalue weighted by Gasteiger charge is -2.07. The number of nitrogens with one attached hydrogen (secondary N) is 1. The van der Waals surface area contributed by atoms with E-state index in [0.717, 1.165) is 0 Å². The van der Waals surface area contributed by atoms with E-state index in [2.05, 4.69) is 9.82 Å². The molecule has 0 aliphatic heterocycles. The van der Waals surface area contributed by atoms with Gasteiger partial charge in [0.15, 0.2) is 0 Å². The second-order valence-electron chi connectivity index (χ2n) is 2.98. The molecule has 1 amide bonds. The molecule has 0 bridgehead atoms. The number of carbonyl (C=O) groups excluding carboxylic acids is 1. The SMILES string of the molecule is O=C(NOC(F)(F)F)c1cccc2scnc12. The molecule has 0 fully saturated rings.